The first-order chi connectivity index (χ1) is 15.0. The van der Waals surface area contributed by atoms with Crippen LogP contribution in [0, 0.1) is 17.6 Å². The van der Waals surface area contributed by atoms with E-state index in [-0.39, 0.29) is 17.6 Å². The third-order valence-electron chi connectivity index (χ3n) is 6.52. The van der Waals surface area contributed by atoms with E-state index in [1.807, 2.05) is 12.3 Å². The van der Waals surface area contributed by atoms with Crippen molar-refractivity contribution >= 4 is 11.7 Å². The fraction of sp³-hybridized carbons (Fsp3) is 0.545. The van der Waals surface area contributed by atoms with Gasteiger partial charge in [0, 0.05) is 43.5 Å². The summed E-state index contributed by atoms with van der Waals surface area (Å²) >= 11 is 0. The van der Waals surface area contributed by atoms with E-state index in [9.17, 15) is 18.7 Å². The Kier molecular flexibility index (Phi) is 6.82. The zero-order valence-electron chi connectivity index (χ0n) is 17.4. The van der Waals surface area contributed by atoms with Gasteiger partial charge in [-0.2, -0.15) is 5.10 Å². The highest BCUT2D eigenvalue weighted by Gasteiger charge is 2.30. The quantitative estimate of drug-likeness (QED) is 0.676. The van der Waals surface area contributed by atoms with Gasteiger partial charge in [0.1, 0.15) is 0 Å². The summed E-state index contributed by atoms with van der Waals surface area (Å²) in [4.78, 5) is 16.4. The fourth-order valence-electron chi connectivity index (χ4n) is 4.59. The monoisotopic (exact) mass is 433 g/mol. The number of urea groups is 1. The van der Waals surface area contributed by atoms with Gasteiger partial charge < -0.3 is 20.2 Å². The van der Waals surface area contributed by atoms with Crippen molar-refractivity contribution in [3.05, 3.63) is 47.8 Å². The molecular formula is C22H29F2N5O2. The van der Waals surface area contributed by atoms with Crippen LogP contribution in [-0.4, -0.2) is 70.0 Å². The topological polar surface area (TPSA) is 84.5 Å². The van der Waals surface area contributed by atoms with Gasteiger partial charge in [-0.05, 0) is 62.9 Å². The lowest BCUT2D eigenvalue weighted by atomic mass is 9.89. The smallest absolute Gasteiger partial charge is 0.321 e. The number of aliphatic hydroxyl groups is 1. The fourth-order valence-corrected chi connectivity index (χ4v) is 4.59. The van der Waals surface area contributed by atoms with E-state index in [0.29, 0.717) is 25.6 Å². The van der Waals surface area contributed by atoms with E-state index in [0.717, 1.165) is 56.6 Å². The SMILES string of the molecule is O=C(Nc1ccc(F)c(F)c1)N1CCC(C(O)CN2CCC(c3cc[nH]n3)CC2)CC1. The van der Waals surface area contributed by atoms with E-state index in [2.05, 4.69) is 20.4 Å². The van der Waals surface area contributed by atoms with Crippen LogP contribution in [0.4, 0.5) is 19.3 Å². The number of anilines is 1. The van der Waals surface area contributed by atoms with E-state index in [4.69, 9.17) is 0 Å². The number of hydrogen-bond acceptors (Lipinski definition) is 4. The summed E-state index contributed by atoms with van der Waals surface area (Å²) in [6, 6.07) is 5.00. The number of hydrogen-bond donors (Lipinski definition) is 3. The van der Waals surface area contributed by atoms with Crippen LogP contribution in [-0.2, 0) is 0 Å². The van der Waals surface area contributed by atoms with Crippen molar-refractivity contribution < 1.29 is 18.7 Å². The van der Waals surface area contributed by atoms with E-state index < -0.39 is 17.7 Å². The van der Waals surface area contributed by atoms with Crippen LogP contribution in [0.2, 0.25) is 0 Å². The van der Waals surface area contributed by atoms with E-state index in [1.54, 1.807) is 4.90 Å². The number of nitrogens with zero attached hydrogens (tertiary/aromatic N) is 3. The Balaban J connectivity index is 1.19. The van der Waals surface area contributed by atoms with Crippen LogP contribution in [0.1, 0.15) is 37.3 Å². The molecule has 0 saturated carbocycles. The minimum absolute atomic E-state index is 0.149. The van der Waals surface area contributed by atoms with Gasteiger partial charge in [-0.25, -0.2) is 13.6 Å². The van der Waals surface area contributed by atoms with Crippen molar-refractivity contribution in [3.63, 3.8) is 0 Å². The van der Waals surface area contributed by atoms with Gasteiger partial charge in [0.25, 0.3) is 0 Å². The van der Waals surface area contributed by atoms with Gasteiger partial charge >= 0.3 is 6.03 Å². The number of piperidine rings is 2. The number of β-amino-alcohol motifs (C(OH)–C–C–N with tert-alkyl or cyclic N) is 1. The van der Waals surface area contributed by atoms with Gasteiger partial charge in [0.2, 0.25) is 0 Å². The number of aliphatic hydroxyl groups excluding tert-OH is 1. The number of rotatable bonds is 5. The summed E-state index contributed by atoms with van der Waals surface area (Å²) in [6.07, 6.45) is 4.96. The van der Waals surface area contributed by atoms with Crippen molar-refractivity contribution in [2.75, 3.05) is 38.0 Å². The number of aromatic nitrogens is 2. The predicted octanol–water partition coefficient (Wildman–Crippen LogP) is 3.17. The van der Waals surface area contributed by atoms with Crippen LogP contribution in [0.25, 0.3) is 0 Å². The van der Waals surface area contributed by atoms with Gasteiger partial charge in [-0.15, -0.1) is 0 Å². The number of halogens is 2. The molecule has 2 fully saturated rings. The Hall–Kier alpha value is -2.52. The Morgan fingerprint density at radius 1 is 1.13 bits per heavy atom. The molecule has 0 radical (unpaired) electrons. The molecule has 0 bridgehead atoms. The molecule has 2 saturated heterocycles. The maximum Gasteiger partial charge on any atom is 0.321 e. The average molecular weight is 434 g/mol. The molecule has 1 unspecified atom stereocenters. The van der Waals surface area contributed by atoms with Crippen molar-refractivity contribution in [1.29, 1.82) is 0 Å². The molecule has 1 aromatic carbocycles. The Morgan fingerprint density at radius 2 is 1.87 bits per heavy atom. The summed E-state index contributed by atoms with van der Waals surface area (Å²) < 4.78 is 26.4. The van der Waals surface area contributed by atoms with Crippen molar-refractivity contribution in [3.8, 4) is 0 Å². The molecule has 2 amide bonds. The first-order valence-electron chi connectivity index (χ1n) is 10.9. The molecule has 1 atom stereocenters. The Labute approximate surface area is 180 Å². The van der Waals surface area contributed by atoms with Crippen molar-refractivity contribution in [2.24, 2.45) is 5.92 Å². The molecule has 7 nitrogen and oxygen atoms in total. The standard InChI is InChI=1S/C22H29F2N5O2/c23-18-2-1-17(13-19(18)24)26-22(31)29-11-6-16(7-12-29)21(30)14-28-9-4-15(5-10-28)20-3-8-25-27-20/h1-3,8,13,15-16,21,30H,4-7,9-12,14H2,(H,25,27)(H,26,31). The number of amides is 2. The number of aromatic amines is 1. The number of carbonyl (C=O) groups is 1. The van der Waals surface area contributed by atoms with Crippen LogP contribution < -0.4 is 5.32 Å². The molecule has 9 heteroatoms. The van der Waals surface area contributed by atoms with Crippen molar-refractivity contribution in [1.82, 2.24) is 20.0 Å². The normalized spacial score (nSPS) is 20.0. The molecule has 0 spiro atoms. The lowest BCUT2D eigenvalue weighted by Crippen LogP contribution is -2.46. The van der Waals surface area contributed by atoms with Crippen molar-refractivity contribution in [2.45, 2.75) is 37.7 Å². The highest BCUT2D eigenvalue weighted by molar-refractivity contribution is 5.89. The molecule has 2 aliphatic rings. The molecule has 0 aliphatic carbocycles. The number of nitrogens with one attached hydrogen (secondary N) is 2. The number of benzene rings is 1. The van der Waals surface area contributed by atoms with Gasteiger partial charge in [-0.3, -0.25) is 5.10 Å². The van der Waals surface area contributed by atoms with E-state index in [1.165, 1.54) is 6.07 Å². The molecule has 31 heavy (non-hydrogen) atoms. The highest BCUT2D eigenvalue weighted by atomic mass is 19.2. The molecule has 168 valence electrons. The summed E-state index contributed by atoms with van der Waals surface area (Å²) in [5.74, 6) is -1.31. The first kappa shape index (κ1) is 21.7. The second kappa shape index (κ2) is 9.74. The van der Waals surface area contributed by atoms with Gasteiger partial charge in [0.15, 0.2) is 11.6 Å². The third-order valence-corrected chi connectivity index (χ3v) is 6.52. The Morgan fingerprint density at radius 3 is 2.52 bits per heavy atom. The zero-order valence-corrected chi connectivity index (χ0v) is 17.4. The van der Waals surface area contributed by atoms with E-state index >= 15 is 0 Å². The molecular weight excluding hydrogens is 404 g/mol. The number of H-pyrrole nitrogens is 1. The Bertz CT molecular complexity index is 863. The molecule has 4 rings (SSSR count). The van der Waals surface area contributed by atoms with Gasteiger partial charge in [-0.1, -0.05) is 0 Å². The molecule has 1 aromatic heterocycles. The van der Waals surface area contributed by atoms with Crippen LogP contribution >= 0.6 is 0 Å². The highest BCUT2D eigenvalue weighted by Crippen LogP contribution is 2.28. The number of likely N-dealkylation sites (tertiary alicyclic amines) is 2. The lowest BCUT2D eigenvalue weighted by molar-refractivity contribution is 0.0314. The molecule has 2 aromatic rings. The second-order valence-corrected chi connectivity index (χ2v) is 8.52. The molecule has 2 aliphatic heterocycles. The second-order valence-electron chi connectivity index (χ2n) is 8.52. The largest absolute Gasteiger partial charge is 0.392 e. The summed E-state index contributed by atoms with van der Waals surface area (Å²) in [5, 5.41) is 20.5. The lowest BCUT2D eigenvalue weighted by Gasteiger charge is -2.37. The zero-order chi connectivity index (χ0) is 21.8. The molecule has 3 heterocycles. The summed E-state index contributed by atoms with van der Waals surface area (Å²) in [6.45, 7) is 3.60. The predicted molar refractivity (Wildman–Crippen MR) is 113 cm³/mol. The third kappa shape index (κ3) is 5.40. The van der Waals surface area contributed by atoms with Crippen LogP contribution in [0.15, 0.2) is 30.5 Å². The maximum absolute atomic E-state index is 13.3. The van der Waals surface area contributed by atoms with Gasteiger partial charge in [0.05, 0.1) is 11.8 Å². The van der Waals surface area contributed by atoms with Crippen LogP contribution in [0.3, 0.4) is 0 Å². The average Bonchev–Trinajstić information content (AvgIpc) is 3.32. The summed E-state index contributed by atoms with van der Waals surface area (Å²) in [7, 11) is 0. The van der Waals surface area contributed by atoms with Crippen LogP contribution in [0.5, 0.6) is 0 Å². The minimum Gasteiger partial charge on any atom is -0.392 e. The maximum atomic E-state index is 13.3. The first-order valence-corrected chi connectivity index (χ1v) is 10.9. The number of carbonyl (C=O) groups excluding carboxylic acids is 1. The molecule has 3 N–H and O–H groups in total. The summed E-state index contributed by atoms with van der Waals surface area (Å²) in [5.41, 5.74) is 1.35. The minimum atomic E-state index is -0.993.